The maximum atomic E-state index is 12.7. The molecular formula is C17H22ClN3O2S. The highest BCUT2D eigenvalue weighted by Gasteiger charge is 2.23. The fourth-order valence-corrected chi connectivity index (χ4v) is 3.63. The minimum atomic E-state index is 0. The molecule has 0 bridgehead atoms. The number of aryl methyl sites for hydroxylation is 1. The van der Waals surface area contributed by atoms with Crippen LogP contribution in [-0.4, -0.2) is 48.6 Å². The summed E-state index contributed by atoms with van der Waals surface area (Å²) in [5.41, 5.74) is 1.82. The van der Waals surface area contributed by atoms with Gasteiger partial charge in [0.05, 0.1) is 12.3 Å². The topological polar surface area (TPSA) is 54.5 Å². The molecule has 2 aromatic rings. The number of carbonyl (C=O) groups excluding carboxylic acids is 1. The minimum absolute atomic E-state index is 0. The summed E-state index contributed by atoms with van der Waals surface area (Å²) in [5, 5.41) is 4.14. The van der Waals surface area contributed by atoms with Gasteiger partial charge in [-0.3, -0.25) is 4.79 Å². The van der Waals surface area contributed by atoms with Crippen LogP contribution in [0.25, 0.3) is 10.6 Å². The fourth-order valence-electron chi connectivity index (χ4n) is 2.59. The SMILES string of the molecule is CCOc1ccc(-c2nc(C)c(C(=O)N3CCNCC3)s2)cc1.Cl. The van der Waals surface area contributed by atoms with E-state index in [0.717, 1.165) is 53.1 Å². The van der Waals surface area contributed by atoms with Crippen molar-refractivity contribution in [3.63, 3.8) is 0 Å². The molecule has 1 aromatic carbocycles. The van der Waals surface area contributed by atoms with Gasteiger partial charge in [-0.05, 0) is 38.1 Å². The molecule has 5 nitrogen and oxygen atoms in total. The monoisotopic (exact) mass is 367 g/mol. The second kappa shape index (κ2) is 8.46. The average molecular weight is 368 g/mol. The van der Waals surface area contributed by atoms with Gasteiger partial charge in [-0.25, -0.2) is 4.98 Å². The number of thiazole rings is 1. The Morgan fingerprint density at radius 1 is 1.29 bits per heavy atom. The van der Waals surface area contributed by atoms with E-state index < -0.39 is 0 Å². The van der Waals surface area contributed by atoms with E-state index in [1.807, 2.05) is 43.0 Å². The molecule has 1 fully saturated rings. The van der Waals surface area contributed by atoms with Crippen LogP contribution in [0.4, 0.5) is 0 Å². The Bertz CT molecular complexity index is 682. The van der Waals surface area contributed by atoms with Crippen molar-refractivity contribution < 1.29 is 9.53 Å². The van der Waals surface area contributed by atoms with Gasteiger partial charge in [0.15, 0.2) is 0 Å². The minimum Gasteiger partial charge on any atom is -0.494 e. The summed E-state index contributed by atoms with van der Waals surface area (Å²) in [6.45, 7) is 7.75. The van der Waals surface area contributed by atoms with E-state index in [9.17, 15) is 4.79 Å². The third-order valence-corrected chi connectivity index (χ3v) is 5.00. The number of halogens is 1. The fraction of sp³-hybridized carbons (Fsp3) is 0.412. The second-order valence-corrected chi connectivity index (χ2v) is 6.43. The lowest BCUT2D eigenvalue weighted by atomic mass is 10.2. The molecule has 0 radical (unpaired) electrons. The van der Waals surface area contributed by atoms with Crippen molar-refractivity contribution in [3.8, 4) is 16.3 Å². The summed E-state index contributed by atoms with van der Waals surface area (Å²) in [4.78, 5) is 19.9. The molecule has 1 saturated heterocycles. The van der Waals surface area contributed by atoms with Crippen molar-refractivity contribution in [2.75, 3.05) is 32.8 Å². The molecule has 3 rings (SSSR count). The number of nitrogens with one attached hydrogen (secondary N) is 1. The van der Waals surface area contributed by atoms with Gasteiger partial charge in [-0.2, -0.15) is 0 Å². The number of amides is 1. The van der Waals surface area contributed by atoms with Gasteiger partial charge in [0, 0.05) is 31.7 Å². The van der Waals surface area contributed by atoms with Gasteiger partial charge >= 0.3 is 0 Å². The molecule has 0 unspecified atom stereocenters. The predicted molar refractivity (Wildman–Crippen MR) is 99.5 cm³/mol. The highest BCUT2D eigenvalue weighted by Crippen LogP contribution is 2.30. The van der Waals surface area contributed by atoms with Gasteiger partial charge in [0.2, 0.25) is 0 Å². The van der Waals surface area contributed by atoms with Gasteiger partial charge in [0.25, 0.3) is 5.91 Å². The molecular weight excluding hydrogens is 346 g/mol. The van der Waals surface area contributed by atoms with E-state index in [-0.39, 0.29) is 18.3 Å². The highest BCUT2D eigenvalue weighted by molar-refractivity contribution is 7.17. The van der Waals surface area contributed by atoms with Crippen LogP contribution in [0.2, 0.25) is 0 Å². The number of piperazine rings is 1. The van der Waals surface area contributed by atoms with E-state index in [0.29, 0.717) is 6.61 Å². The van der Waals surface area contributed by atoms with Crippen LogP contribution in [0.3, 0.4) is 0 Å². The van der Waals surface area contributed by atoms with Crippen molar-refractivity contribution in [3.05, 3.63) is 34.8 Å². The number of hydrogen-bond donors (Lipinski definition) is 1. The van der Waals surface area contributed by atoms with E-state index in [2.05, 4.69) is 10.3 Å². The molecule has 1 aromatic heterocycles. The first kappa shape index (κ1) is 18.7. The summed E-state index contributed by atoms with van der Waals surface area (Å²) < 4.78 is 5.46. The van der Waals surface area contributed by atoms with Crippen LogP contribution in [0.1, 0.15) is 22.3 Å². The third kappa shape index (κ3) is 4.06. The standard InChI is InChI=1S/C17H21N3O2S.ClH/c1-3-22-14-6-4-13(5-7-14)16-19-12(2)15(23-16)17(21)20-10-8-18-9-11-20;/h4-7,18H,3,8-11H2,1-2H3;1H. The molecule has 1 aliphatic rings. The Labute approximate surface area is 152 Å². The summed E-state index contributed by atoms with van der Waals surface area (Å²) in [7, 11) is 0. The lowest BCUT2D eigenvalue weighted by Gasteiger charge is -2.27. The van der Waals surface area contributed by atoms with Crippen LogP contribution >= 0.6 is 23.7 Å². The van der Waals surface area contributed by atoms with E-state index in [4.69, 9.17) is 4.74 Å². The lowest BCUT2D eigenvalue weighted by Crippen LogP contribution is -2.46. The Balaban J connectivity index is 0.00000208. The van der Waals surface area contributed by atoms with Crippen molar-refractivity contribution in [2.45, 2.75) is 13.8 Å². The predicted octanol–water partition coefficient (Wildman–Crippen LogP) is 2.98. The number of ether oxygens (including phenoxy) is 1. The molecule has 0 aliphatic carbocycles. The number of aromatic nitrogens is 1. The molecule has 1 N–H and O–H groups in total. The molecule has 0 spiro atoms. The number of nitrogens with zero attached hydrogens (tertiary/aromatic N) is 2. The summed E-state index contributed by atoms with van der Waals surface area (Å²) >= 11 is 1.47. The first-order valence-corrected chi connectivity index (χ1v) is 8.71. The van der Waals surface area contributed by atoms with Crippen LogP contribution in [0.5, 0.6) is 5.75 Å². The first-order chi connectivity index (χ1) is 11.2. The van der Waals surface area contributed by atoms with Crippen molar-refractivity contribution in [2.24, 2.45) is 0 Å². The Hall–Kier alpha value is -1.63. The first-order valence-electron chi connectivity index (χ1n) is 7.89. The molecule has 2 heterocycles. The number of rotatable bonds is 4. The summed E-state index contributed by atoms with van der Waals surface area (Å²) in [5.74, 6) is 0.945. The zero-order valence-corrected chi connectivity index (χ0v) is 15.5. The molecule has 0 saturated carbocycles. The lowest BCUT2D eigenvalue weighted by molar-refractivity contribution is 0.0739. The van der Waals surface area contributed by atoms with E-state index >= 15 is 0 Å². The van der Waals surface area contributed by atoms with E-state index in [1.54, 1.807) is 0 Å². The zero-order valence-electron chi connectivity index (χ0n) is 13.9. The molecule has 130 valence electrons. The maximum Gasteiger partial charge on any atom is 0.265 e. The van der Waals surface area contributed by atoms with Crippen LogP contribution in [-0.2, 0) is 0 Å². The van der Waals surface area contributed by atoms with Crippen LogP contribution in [0, 0.1) is 6.92 Å². The summed E-state index contributed by atoms with van der Waals surface area (Å²) in [6, 6.07) is 7.85. The van der Waals surface area contributed by atoms with Crippen LogP contribution in [0.15, 0.2) is 24.3 Å². The van der Waals surface area contributed by atoms with Gasteiger partial charge in [-0.1, -0.05) is 0 Å². The smallest absolute Gasteiger partial charge is 0.265 e. The maximum absolute atomic E-state index is 12.7. The number of carbonyl (C=O) groups is 1. The van der Waals surface area contributed by atoms with Gasteiger partial charge < -0.3 is 15.0 Å². The highest BCUT2D eigenvalue weighted by atomic mass is 35.5. The van der Waals surface area contributed by atoms with Gasteiger partial charge in [-0.15, -0.1) is 23.7 Å². The molecule has 7 heteroatoms. The zero-order chi connectivity index (χ0) is 16.2. The van der Waals surface area contributed by atoms with E-state index in [1.165, 1.54) is 11.3 Å². The Morgan fingerprint density at radius 2 is 1.96 bits per heavy atom. The number of hydrogen-bond acceptors (Lipinski definition) is 5. The van der Waals surface area contributed by atoms with Crippen molar-refractivity contribution in [1.82, 2.24) is 15.2 Å². The average Bonchev–Trinajstić information content (AvgIpc) is 2.98. The van der Waals surface area contributed by atoms with Crippen molar-refractivity contribution >= 4 is 29.7 Å². The van der Waals surface area contributed by atoms with Gasteiger partial charge in [0.1, 0.15) is 15.6 Å². The molecule has 1 aliphatic heterocycles. The van der Waals surface area contributed by atoms with Crippen LogP contribution < -0.4 is 10.1 Å². The molecule has 24 heavy (non-hydrogen) atoms. The number of benzene rings is 1. The Morgan fingerprint density at radius 3 is 2.58 bits per heavy atom. The molecule has 0 atom stereocenters. The quantitative estimate of drug-likeness (QED) is 0.902. The van der Waals surface area contributed by atoms with Crippen molar-refractivity contribution in [1.29, 1.82) is 0 Å². The largest absolute Gasteiger partial charge is 0.494 e. The molecule has 1 amide bonds. The summed E-state index contributed by atoms with van der Waals surface area (Å²) in [6.07, 6.45) is 0. The third-order valence-electron chi connectivity index (χ3n) is 3.81. The Kier molecular flexibility index (Phi) is 6.60. The second-order valence-electron chi connectivity index (χ2n) is 5.43. The normalized spacial score (nSPS) is 14.2.